The van der Waals surface area contributed by atoms with Crippen molar-refractivity contribution in [1.82, 2.24) is 4.98 Å². The molecule has 7 heteroatoms. The molecule has 1 aromatic heterocycles. The summed E-state index contributed by atoms with van der Waals surface area (Å²) in [6.07, 6.45) is -0.738. The predicted molar refractivity (Wildman–Crippen MR) is 58.9 cm³/mol. The van der Waals surface area contributed by atoms with Crippen LogP contribution in [0.1, 0.15) is 6.42 Å². The molecule has 96 valence electrons. The summed E-state index contributed by atoms with van der Waals surface area (Å²) in [5.41, 5.74) is 0. The smallest absolute Gasteiger partial charge is 0.411 e. The van der Waals surface area contributed by atoms with Crippen LogP contribution in [0.3, 0.4) is 0 Å². The molecule has 0 aliphatic carbocycles. The summed E-state index contributed by atoms with van der Waals surface area (Å²) in [4.78, 5) is 3.88. The van der Waals surface area contributed by atoms with Crippen molar-refractivity contribution in [2.24, 2.45) is 0 Å². The van der Waals surface area contributed by atoms with Crippen molar-refractivity contribution in [2.45, 2.75) is 12.6 Å². The Labute approximate surface area is 105 Å². The molecule has 0 aromatic carbocycles. The molecule has 0 aliphatic rings. The molecule has 0 spiro atoms. The van der Waals surface area contributed by atoms with Gasteiger partial charge in [0.2, 0.25) is 0 Å². The van der Waals surface area contributed by atoms with E-state index in [9.17, 15) is 13.2 Å². The number of aromatic nitrogens is 1. The predicted octanol–water partition coefficient (Wildman–Crippen LogP) is 3.19. The van der Waals surface area contributed by atoms with E-state index < -0.39 is 12.8 Å². The number of pyridine rings is 1. The second kappa shape index (κ2) is 6.80. The van der Waals surface area contributed by atoms with Crippen molar-refractivity contribution in [3.05, 3.63) is 22.9 Å². The molecule has 17 heavy (non-hydrogen) atoms. The van der Waals surface area contributed by atoms with Gasteiger partial charge in [0.25, 0.3) is 0 Å². The van der Waals surface area contributed by atoms with Crippen molar-refractivity contribution in [2.75, 3.05) is 19.8 Å². The van der Waals surface area contributed by atoms with Crippen LogP contribution in [0.15, 0.2) is 22.9 Å². The molecule has 0 amide bonds. The summed E-state index contributed by atoms with van der Waals surface area (Å²) in [5.74, 6) is 0.565. The quantitative estimate of drug-likeness (QED) is 0.756. The standard InChI is InChI=1S/C10H11BrF3NO2/c11-8-4-9(6-15-5-8)17-3-1-2-16-7-10(12,13)14/h4-6H,1-3,7H2. The fraction of sp³-hybridized carbons (Fsp3) is 0.500. The first-order valence-electron chi connectivity index (χ1n) is 4.85. The SMILES string of the molecule is FC(F)(F)COCCCOc1cncc(Br)c1. The zero-order valence-electron chi connectivity index (χ0n) is 8.84. The second-order valence-corrected chi connectivity index (χ2v) is 4.12. The summed E-state index contributed by atoms with van der Waals surface area (Å²) >= 11 is 3.23. The minimum atomic E-state index is -4.27. The van der Waals surface area contributed by atoms with Crippen LogP contribution < -0.4 is 4.74 Å². The Morgan fingerprint density at radius 3 is 2.65 bits per heavy atom. The van der Waals surface area contributed by atoms with Crippen molar-refractivity contribution < 1.29 is 22.6 Å². The maximum atomic E-state index is 11.7. The molecule has 0 aliphatic heterocycles. The van der Waals surface area contributed by atoms with E-state index in [-0.39, 0.29) is 13.2 Å². The Bertz CT molecular complexity index is 347. The molecule has 0 unspecified atom stereocenters. The van der Waals surface area contributed by atoms with E-state index in [0.717, 1.165) is 4.47 Å². The summed E-state index contributed by atoms with van der Waals surface area (Å²) in [7, 11) is 0. The maximum Gasteiger partial charge on any atom is 0.411 e. The van der Waals surface area contributed by atoms with Gasteiger partial charge < -0.3 is 9.47 Å². The van der Waals surface area contributed by atoms with Gasteiger partial charge in [-0.1, -0.05) is 0 Å². The highest BCUT2D eigenvalue weighted by Crippen LogP contribution is 2.16. The van der Waals surface area contributed by atoms with Crippen molar-refractivity contribution >= 4 is 15.9 Å². The fourth-order valence-electron chi connectivity index (χ4n) is 1.01. The molecule has 0 radical (unpaired) electrons. The van der Waals surface area contributed by atoms with Crippen LogP contribution in [0.4, 0.5) is 13.2 Å². The van der Waals surface area contributed by atoms with Crippen LogP contribution in [-0.2, 0) is 4.74 Å². The number of hydrogen-bond donors (Lipinski definition) is 0. The normalized spacial score (nSPS) is 11.5. The third-order valence-corrected chi connectivity index (χ3v) is 2.08. The average Bonchev–Trinajstić information content (AvgIpc) is 2.22. The number of ether oxygens (including phenoxy) is 2. The lowest BCUT2D eigenvalue weighted by Gasteiger charge is -2.08. The molecule has 0 saturated heterocycles. The Morgan fingerprint density at radius 2 is 2.00 bits per heavy atom. The van der Waals surface area contributed by atoms with Gasteiger partial charge in [0.1, 0.15) is 12.4 Å². The highest BCUT2D eigenvalue weighted by atomic mass is 79.9. The average molecular weight is 314 g/mol. The molecule has 0 N–H and O–H groups in total. The van der Waals surface area contributed by atoms with Gasteiger partial charge in [0, 0.05) is 17.1 Å². The fourth-order valence-corrected chi connectivity index (χ4v) is 1.35. The van der Waals surface area contributed by atoms with Gasteiger partial charge in [0.15, 0.2) is 0 Å². The topological polar surface area (TPSA) is 31.4 Å². The molecular formula is C10H11BrF3NO2. The van der Waals surface area contributed by atoms with Gasteiger partial charge in [-0.25, -0.2) is 0 Å². The molecule has 1 aromatic rings. The molecule has 3 nitrogen and oxygen atoms in total. The van der Waals surface area contributed by atoms with E-state index in [0.29, 0.717) is 12.2 Å². The van der Waals surface area contributed by atoms with Crippen LogP contribution in [0.25, 0.3) is 0 Å². The molecule has 1 rings (SSSR count). The third-order valence-electron chi connectivity index (χ3n) is 1.65. The first-order valence-corrected chi connectivity index (χ1v) is 5.64. The van der Waals surface area contributed by atoms with Gasteiger partial charge in [-0.05, 0) is 22.0 Å². The molecule has 0 saturated carbocycles. The van der Waals surface area contributed by atoms with Crippen molar-refractivity contribution in [3.63, 3.8) is 0 Å². The number of hydrogen-bond acceptors (Lipinski definition) is 3. The Morgan fingerprint density at radius 1 is 1.24 bits per heavy atom. The van der Waals surface area contributed by atoms with E-state index in [1.807, 2.05) is 0 Å². The van der Waals surface area contributed by atoms with E-state index in [1.165, 1.54) is 6.20 Å². The van der Waals surface area contributed by atoms with Gasteiger partial charge >= 0.3 is 6.18 Å². The number of alkyl halides is 3. The molecule has 1 heterocycles. The van der Waals surface area contributed by atoms with Crippen LogP contribution in [0.2, 0.25) is 0 Å². The number of halogens is 4. The Hall–Kier alpha value is -0.820. The lowest BCUT2D eigenvalue weighted by Crippen LogP contribution is -2.18. The lowest BCUT2D eigenvalue weighted by atomic mass is 10.4. The van der Waals surface area contributed by atoms with E-state index in [4.69, 9.17) is 4.74 Å². The lowest BCUT2D eigenvalue weighted by molar-refractivity contribution is -0.174. The first-order chi connectivity index (χ1) is 7.97. The molecule has 0 atom stereocenters. The zero-order chi connectivity index (χ0) is 12.7. The monoisotopic (exact) mass is 313 g/mol. The first kappa shape index (κ1) is 14.2. The highest BCUT2D eigenvalue weighted by Gasteiger charge is 2.27. The van der Waals surface area contributed by atoms with Crippen LogP contribution in [0, 0.1) is 0 Å². The van der Waals surface area contributed by atoms with Crippen molar-refractivity contribution in [1.29, 1.82) is 0 Å². The van der Waals surface area contributed by atoms with Gasteiger partial charge in [-0.15, -0.1) is 0 Å². The maximum absolute atomic E-state index is 11.7. The van der Waals surface area contributed by atoms with Crippen LogP contribution in [-0.4, -0.2) is 31.0 Å². The van der Waals surface area contributed by atoms with Gasteiger partial charge in [-0.2, -0.15) is 13.2 Å². The zero-order valence-corrected chi connectivity index (χ0v) is 10.4. The second-order valence-electron chi connectivity index (χ2n) is 3.21. The molecular weight excluding hydrogens is 303 g/mol. The number of rotatable bonds is 6. The molecule has 0 bridgehead atoms. The van der Waals surface area contributed by atoms with Crippen LogP contribution in [0.5, 0.6) is 5.75 Å². The van der Waals surface area contributed by atoms with E-state index in [2.05, 4.69) is 25.7 Å². The Balaban J connectivity index is 2.09. The summed E-state index contributed by atoms with van der Waals surface area (Å²) < 4.78 is 45.6. The van der Waals surface area contributed by atoms with E-state index in [1.54, 1.807) is 12.3 Å². The summed E-state index contributed by atoms with van der Waals surface area (Å²) in [6, 6.07) is 1.73. The summed E-state index contributed by atoms with van der Waals surface area (Å²) in [6.45, 7) is -0.914. The van der Waals surface area contributed by atoms with E-state index >= 15 is 0 Å². The summed E-state index contributed by atoms with van der Waals surface area (Å²) in [5, 5.41) is 0. The van der Waals surface area contributed by atoms with Crippen molar-refractivity contribution in [3.8, 4) is 5.75 Å². The number of nitrogens with zero attached hydrogens (tertiary/aromatic N) is 1. The highest BCUT2D eigenvalue weighted by molar-refractivity contribution is 9.10. The minimum absolute atomic E-state index is 0.0148. The van der Waals surface area contributed by atoms with Gasteiger partial charge in [-0.3, -0.25) is 4.98 Å². The largest absolute Gasteiger partial charge is 0.492 e. The van der Waals surface area contributed by atoms with Crippen LogP contribution >= 0.6 is 15.9 Å². The minimum Gasteiger partial charge on any atom is -0.492 e. The third kappa shape index (κ3) is 7.17. The molecule has 0 fully saturated rings. The Kier molecular flexibility index (Phi) is 5.70. The van der Waals surface area contributed by atoms with Gasteiger partial charge in [0.05, 0.1) is 19.4 Å².